The van der Waals surface area contributed by atoms with Gasteiger partial charge in [-0.3, -0.25) is 10.1 Å². The van der Waals surface area contributed by atoms with E-state index in [1.807, 2.05) is 0 Å². The summed E-state index contributed by atoms with van der Waals surface area (Å²) in [7, 11) is 0. The van der Waals surface area contributed by atoms with E-state index in [2.05, 4.69) is 25.5 Å². The van der Waals surface area contributed by atoms with Gasteiger partial charge in [-0.15, -0.1) is 5.10 Å². The van der Waals surface area contributed by atoms with Crippen molar-refractivity contribution in [1.82, 2.24) is 20.2 Å². The van der Waals surface area contributed by atoms with Crippen molar-refractivity contribution in [1.29, 1.82) is 0 Å². The normalized spacial score (nSPS) is 10.3. The van der Waals surface area contributed by atoms with E-state index in [9.17, 15) is 13.6 Å². The summed E-state index contributed by atoms with van der Waals surface area (Å²) in [5.41, 5.74) is 0.708. The van der Waals surface area contributed by atoms with Crippen LogP contribution in [0.25, 0.3) is 0 Å². The Morgan fingerprint density at radius 3 is 2.63 bits per heavy atom. The van der Waals surface area contributed by atoms with E-state index in [-0.39, 0.29) is 5.95 Å². The number of pyridine rings is 1. The molecule has 0 atom stereocenters. The molecule has 0 fully saturated rings. The highest BCUT2D eigenvalue weighted by Crippen LogP contribution is 2.11. The van der Waals surface area contributed by atoms with Crippen molar-refractivity contribution in [2.24, 2.45) is 0 Å². The molecule has 0 unspecified atom stereocenters. The first-order chi connectivity index (χ1) is 8.99. The van der Waals surface area contributed by atoms with Gasteiger partial charge in [-0.1, -0.05) is 0 Å². The molecule has 2 rings (SSSR count). The zero-order valence-electron chi connectivity index (χ0n) is 10.1. The molecule has 19 heavy (non-hydrogen) atoms. The molecule has 0 aromatic carbocycles. The number of carbonyl (C=O) groups excluding carboxylic acids is 1. The smallest absolute Gasteiger partial charge is 0.261 e. The molecule has 2 aromatic heterocycles. The Hall–Kier alpha value is -2.51. The van der Waals surface area contributed by atoms with Crippen LogP contribution in [0.5, 0.6) is 0 Å². The number of halogens is 2. The highest BCUT2D eigenvalue weighted by atomic mass is 19.2. The van der Waals surface area contributed by atoms with Gasteiger partial charge in [0.25, 0.3) is 5.91 Å². The lowest BCUT2D eigenvalue weighted by Crippen LogP contribution is -2.17. The SMILES string of the molecule is Cc1nnc(NC(=O)c2ccnc(F)c2F)nc1C. The van der Waals surface area contributed by atoms with Gasteiger partial charge in [-0.25, -0.2) is 14.4 Å². The average Bonchev–Trinajstić information content (AvgIpc) is 2.37. The minimum atomic E-state index is -1.34. The summed E-state index contributed by atoms with van der Waals surface area (Å²) in [5.74, 6) is -3.61. The summed E-state index contributed by atoms with van der Waals surface area (Å²) in [6, 6.07) is 1.06. The second kappa shape index (κ2) is 5.01. The van der Waals surface area contributed by atoms with Gasteiger partial charge in [-0.05, 0) is 19.9 Å². The van der Waals surface area contributed by atoms with E-state index < -0.39 is 23.2 Å². The van der Waals surface area contributed by atoms with Crippen molar-refractivity contribution < 1.29 is 13.6 Å². The fourth-order valence-corrected chi connectivity index (χ4v) is 1.27. The van der Waals surface area contributed by atoms with Crippen molar-refractivity contribution in [3.8, 4) is 0 Å². The number of nitrogens with zero attached hydrogens (tertiary/aromatic N) is 4. The highest BCUT2D eigenvalue weighted by molar-refractivity contribution is 6.03. The molecule has 1 N–H and O–H groups in total. The van der Waals surface area contributed by atoms with Crippen LogP contribution >= 0.6 is 0 Å². The minimum Gasteiger partial charge on any atom is -0.289 e. The van der Waals surface area contributed by atoms with Crippen LogP contribution in [-0.2, 0) is 0 Å². The van der Waals surface area contributed by atoms with E-state index in [4.69, 9.17) is 0 Å². The number of aryl methyl sites for hydroxylation is 2. The van der Waals surface area contributed by atoms with Crippen LogP contribution in [0.15, 0.2) is 12.3 Å². The topological polar surface area (TPSA) is 80.7 Å². The van der Waals surface area contributed by atoms with Crippen LogP contribution in [0.3, 0.4) is 0 Å². The lowest BCUT2D eigenvalue weighted by molar-refractivity contribution is 0.102. The average molecular weight is 265 g/mol. The summed E-state index contributed by atoms with van der Waals surface area (Å²) >= 11 is 0. The van der Waals surface area contributed by atoms with Crippen molar-refractivity contribution in [2.45, 2.75) is 13.8 Å². The number of amides is 1. The first-order valence-corrected chi connectivity index (χ1v) is 5.28. The van der Waals surface area contributed by atoms with Crippen LogP contribution in [0.4, 0.5) is 14.7 Å². The molecule has 0 radical (unpaired) electrons. The Morgan fingerprint density at radius 1 is 1.21 bits per heavy atom. The fraction of sp³-hybridized carbons (Fsp3) is 0.182. The number of nitrogens with one attached hydrogen (secondary N) is 1. The zero-order chi connectivity index (χ0) is 14.0. The monoisotopic (exact) mass is 265 g/mol. The number of hydrogen-bond acceptors (Lipinski definition) is 5. The van der Waals surface area contributed by atoms with Crippen molar-refractivity contribution in [3.05, 3.63) is 41.0 Å². The van der Waals surface area contributed by atoms with Gasteiger partial charge >= 0.3 is 0 Å². The lowest BCUT2D eigenvalue weighted by atomic mass is 10.2. The standard InChI is InChI=1S/C11H9F2N5O/c1-5-6(2)17-18-11(15-5)16-10(19)7-3-4-14-9(13)8(7)12/h3-4H,1-2H3,(H,15,16,18,19). The van der Waals surface area contributed by atoms with Crippen molar-refractivity contribution in [2.75, 3.05) is 5.32 Å². The summed E-state index contributed by atoms with van der Waals surface area (Å²) < 4.78 is 26.2. The Labute approximate surface area is 106 Å². The summed E-state index contributed by atoms with van der Waals surface area (Å²) in [4.78, 5) is 18.8. The summed E-state index contributed by atoms with van der Waals surface area (Å²) in [6.07, 6.45) is 0.993. The fourth-order valence-electron chi connectivity index (χ4n) is 1.27. The predicted molar refractivity (Wildman–Crippen MR) is 61.4 cm³/mol. The molecule has 6 nitrogen and oxygen atoms in total. The number of aromatic nitrogens is 4. The van der Waals surface area contributed by atoms with E-state index in [1.54, 1.807) is 13.8 Å². The highest BCUT2D eigenvalue weighted by Gasteiger charge is 2.17. The Balaban J connectivity index is 2.26. The van der Waals surface area contributed by atoms with Crippen molar-refractivity contribution >= 4 is 11.9 Å². The third-order valence-corrected chi connectivity index (χ3v) is 2.41. The lowest BCUT2D eigenvalue weighted by Gasteiger charge is -2.05. The number of anilines is 1. The maximum absolute atomic E-state index is 13.3. The van der Waals surface area contributed by atoms with E-state index in [0.717, 1.165) is 12.3 Å². The molecule has 8 heteroatoms. The van der Waals surface area contributed by atoms with Crippen LogP contribution in [-0.4, -0.2) is 26.1 Å². The van der Waals surface area contributed by atoms with Crippen LogP contribution < -0.4 is 5.32 Å². The van der Waals surface area contributed by atoms with Gasteiger partial charge in [0.15, 0.2) is 5.82 Å². The number of hydrogen-bond donors (Lipinski definition) is 1. The predicted octanol–water partition coefficient (Wildman–Crippen LogP) is 1.41. The summed E-state index contributed by atoms with van der Waals surface area (Å²) in [5, 5.41) is 9.63. The number of rotatable bonds is 2. The molecular formula is C11H9F2N5O. The third-order valence-electron chi connectivity index (χ3n) is 2.41. The Morgan fingerprint density at radius 2 is 1.95 bits per heavy atom. The van der Waals surface area contributed by atoms with E-state index in [0.29, 0.717) is 11.4 Å². The minimum absolute atomic E-state index is 0.0790. The zero-order valence-corrected chi connectivity index (χ0v) is 10.1. The van der Waals surface area contributed by atoms with Gasteiger partial charge in [-0.2, -0.15) is 9.49 Å². The number of carbonyl (C=O) groups is 1. The molecule has 0 saturated heterocycles. The molecule has 0 spiro atoms. The quantitative estimate of drug-likeness (QED) is 0.830. The van der Waals surface area contributed by atoms with Crippen molar-refractivity contribution in [3.63, 3.8) is 0 Å². The largest absolute Gasteiger partial charge is 0.289 e. The Kier molecular flexibility index (Phi) is 3.41. The second-order valence-electron chi connectivity index (χ2n) is 3.72. The summed E-state index contributed by atoms with van der Waals surface area (Å²) in [6.45, 7) is 3.39. The van der Waals surface area contributed by atoms with Crippen LogP contribution in [0.2, 0.25) is 0 Å². The van der Waals surface area contributed by atoms with Gasteiger partial charge in [0, 0.05) is 6.20 Å². The molecule has 0 aliphatic rings. The third kappa shape index (κ3) is 2.67. The Bertz CT molecular complexity index is 647. The van der Waals surface area contributed by atoms with E-state index in [1.165, 1.54) is 0 Å². The molecule has 2 aromatic rings. The molecule has 0 bridgehead atoms. The van der Waals surface area contributed by atoms with Crippen LogP contribution in [0, 0.1) is 25.6 Å². The molecular weight excluding hydrogens is 256 g/mol. The first kappa shape index (κ1) is 12.9. The molecule has 0 saturated carbocycles. The molecule has 1 amide bonds. The second-order valence-corrected chi connectivity index (χ2v) is 3.72. The van der Waals surface area contributed by atoms with Gasteiger partial charge in [0.2, 0.25) is 11.9 Å². The molecule has 98 valence electrons. The molecule has 2 heterocycles. The maximum Gasteiger partial charge on any atom is 0.261 e. The molecule has 0 aliphatic heterocycles. The van der Waals surface area contributed by atoms with Gasteiger partial charge < -0.3 is 0 Å². The van der Waals surface area contributed by atoms with Gasteiger partial charge in [0.1, 0.15) is 0 Å². The molecule has 0 aliphatic carbocycles. The van der Waals surface area contributed by atoms with Gasteiger partial charge in [0.05, 0.1) is 17.0 Å². The first-order valence-electron chi connectivity index (χ1n) is 5.28. The van der Waals surface area contributed by atoms with E-state index >= 15 is 0 Å². The maximum atomic E-state index is 13.3. The van der Waals surface area contributed by atoms with Crippen LogP contribution in [0.1, 0.15) is 21.7 Å².